The average Bonchev–Trinajstić information content (AvgIpc) is 3.05. The number of rotatable bonds is 5. The number of aromatic nitrogens is 4. The molecule has 3 heterocycles. The first-order valence-electron chi connectivity index (χ1n) is 11.1. The van der Waals surface area contributed by atoms with Crippen LogP contribution in [0.25, 0.3) is 11.2 Å². The van der Waals surface area contributed by atoms with E-state index < -0.39 is 52.7 Å². The smallest absolute Gasteiger partial charge is 0.215 e. The first kappa shape index (κ1) is 8.57. The Hall–Kier alpha value is -2.48. The zero-order valence-corrected chi connectivity index (χ0v) is 13.7. The van der Waals surface area contributed by atoms with Crippen LogP contribution in [-0.2, 0) is 16.5 Å². The standard InChI is InChI=1S/C16H18N4O3S/c1-9-7-17-12(10(2)14(9)23-4)8-24(21)16-18-11-5-6-13(22-3)19-15(11)20-16/h5-7H,8H2,1-4H3,(H,18,19,20)/i4D3,5D,6D,7D,8D2/hD. The van der Waals surface area contributed by atoms with Gasteiger partial charge in [0, 0.05) is 26.1 Å². The number of nitrogens with one attached hydrogen (secondary N) is 1. The molecule has 0 saturated heterocycles. The molecule has 0 spiro atoms. The molecule has 0 saturated carbocycles. The molecule has 0 aliphatic carbocycles. The highest BCUT2D eigenvalue weighted by Gasteiger charge is 2.16. The van der Waals surface area contributed by atoms with E-state index in [9.17, 15) is 4.21 Å². The van der Waals surface area contributed by atoms with Crippen molar-refractivity contribution in [3.8, 4) is 11.6 Å². The Morgan fingerprint density at radius 1 is 1.42 bits per heavy atom. The highest BCUT2D eigenvalue weighted by Crippen LogP contribution is 2.25. The number of ether oxygens (including phenoxy) is 2. The maximum absolute atomic E-state index is 13.3. The molecule has 126 valence electrons. The first-order chi connectivity index (χ1) is 15.1. The minimum Gasteiger partial charge on any atom is -0.496 e. The third-order valence-electron chi connectivity index (χ3n) is 3.14. The molecule has 0 amide bonds. The van der Waals surface area contributed by atoms with E-state index in [4.69, 9.17) is 21.9 Å². The van der Waals surface area contributed by atoms with Crippen LogP contribution in [0.5, 0.6) is 11.6 Å². The van der Waals surface area contributed by atoms with Crippen molar-refractivity contribution < 1.29 is 26.1 Å². The number of aromatic amines is 1. The Morgan fingerprint density at radius 3 is 3.00 bits per heavy atom. The van der Waals surface area contributed by atoms with Crippen molar-refractivity contribution in [2.24, 2.45) is 0 Å². The molecule has 0 bridgehead atoms. The lowest BCUT2D eigenvalue weighted by molar-refractivity contribution is 0.399. The summed E-state index contributed by atoms with van der Waals surface area (Å²) in [5.41, 5.74) is -3.93. The predicted octanol–water partition coefficient (Wildman–Crippen LogP) is 2.29. The Morgan fingerprint density at radius 2 is 2.25 bits per heavy atom. The van der Waals surface area contributed by atoms with Crippen LogP contribution in [0.4, 0.5) is 0 Å². The second-order valence-corrected chi connectivity index (χ2v) is 5.78. The van der Waals surface area contributed by atoms with Crippen molar-refractivity contribution in [2.75, 3.05) is 14.1 Å². The average molecular weight is 355 g/mol. The number of pyridine rings is 2. The van der Waals surface area contributed by atoms with E-state index in [1.54, 1.807) is 0 Å². The van der Waals surface area contributed by atoms with Gasteiger partial charge in [-0.3, -0.25) is 9.19 Å². The first-order valence-corrected chi connectivity index (χ1v) is 7.78. The Bertz CT molecular complexity index is 1290. The van der Waals surface area contributed by atoms with Crippen LogP contribution < -0.4 is 9.47 Å². The van der Waals surface area contributed by atoms with Gasteiger partial charge in [-0.15, -0.1) is 0 Å². The number of H-pyrrole nitrogens is 1. The SMILES string of the molecule is [2H]c1nc(C([2H])([2H])S(=O)c2nc3nc(OC)c([2H])c([2H])c3n2[2H])c(C)c(OC([2H])([2H])[2H])c1C. The molecule has 0 radical (unpaired) electrons. The van der Waals surface area contributed by atoms with Gasteiger partial charge in [0.1, 0.15) is 5.75 Å². The van der Waals surface area contributed by atoms with Gasteiger partial charge in [-0.05, 0) is 19.9 Å². The van der Waals surface area contributed by atoms with E-state index in [0.29, 0.717) is 4.98 Å². The van der Waals surface area contributed by atoms with Crippen LogP contribution in [0.3, 0.4) is 0 Å². The second-order valence-electron chi connectivity index (χ2n) is 4.67. The van der Waals surface area contributed by atoms with Crippen LogP contribution >= 0.6 is 0 Å². The predicted molar refractivity (Wildman–Crippen MR) is 90.8 cm³/mol. The van der Waals surface area contributed by atoms with Crippen LogP contribution in [0.15, 0.2) is 23.4 Å². The molecule has 8 heteroatoms. The van der Waals surface area contributed by atoms with Crippen LogP contribution in [0.2, 0.25) is 1.41 Å². The maximum atomic E-state index is 13.3. The van der Waals surface area contributed by atoms with Gasteiger partial charge in [0.2, 0.25) is 5.88 Å². The van der Waals surface area contributed by atoms with Gasteiger partial charge < -0.3 is 14.5 Å². The zero-order chi connectivity index (χ0) is 25.0. The number of hydrogen-bond donors (Lipinski definition) is 1. The Balaban J connectivity index is 2.20. The van der Waals surface area contributed by atoms with Gasteiger partial charge >= 0.3 is 0 Å². The number of fused-ring (bicyclic) bond motifs is 1. The van der Waals surface area contributed by atoms with Gasteiger partial charge in [-0.2, -0.15) is 4.98 Å². The van der Waals surface area contributed by atoms with E-state index in [2.05, 4.69) is 15.0 Å². The molecule has 0 aliphatic rings. The van der Waals surface area contributed by atoms with Crippen LogP contribution in [-0.4, -0.2) is 38.3 Å². The Labute approximate surface area is 154 Å². The quantitative estimate of drug-likeness (QED) is 0.755. The summed E-state index contributed by atoms with van der Waals surface area (Å²) in [5.74, 6) is -0.531. The highest BCUT2D eigenvalue weighted by molar-refractivity contribution is 7.84. The molecule has 0 fully saturated rings. The molecule has 1 N–H and O–H groups in total. The Kier molecular flexibility index (Phi) is 2.34. The van der Waals surface area contributed by atoms with Crippen molar-refractivity contribution in [3.05, 3.63) is 35.1 Å². The lowest BCUT2D eigenvalue weighted by Gasteiger charge is -2.11. The molecular weight excluding hydrogens is 328 g/mol. The summed E-state index contributed by atoms with van der Waals surface area (Å²) in [6, 6.07) is -0.908. The molecule has 0 aliphatic heterocycles. The normalized spacial score (nSPS) is 18.9. The zero-order valence-electron chi connectivity index (χ0n) is 21.9. The summed E-state index contributed by atoms with van der Waals surface area (Å²) in [5, 5.41) is -0.629. The highest BCUT2D eigenvalue weighted by atomic mass is 32.2. The number of nitrogens with zero attached hydrogens (tertiary/aromatic N) is 3. The fourth-order valence-corrected chi connectivity index (χ4v) is 2.75. The summed E-state index contributed by atoms with van der Waals surface area (Å²) in [7, 11) is -4.40. The third-order valence-corrected chi connectivity index (χ3v) is 4.03. The third kappa shape index (κ3) is 2.96. The number of hydrogen-bond acceptors (Lipinski definition) is 6. The largest absolute Gasteiger partial charge is 0.496 e. The summed E-state index contributed by atoms with van der Waals surface area (Å²) in [6.07, 6.45) is -0.478. The van der Waals surface area contributed by atoms with Crippen molar-refractivity contribution in [1.29, 1.82) is 0 Å². The molecule has 24 heavy (non-hydrogen) atoms. The van der Waals surface area contributed by atoms with Crippen LogP contribution in [0, 0.1) is 13.8 Å². The second kappa shape index (κ2) is 6.56. The fraction of sp³-hybridized carbons (Fsp3) is 0.312. The van der Waals surface area contributed by atoms with E-state index in [1.165, 1.54) is 21.0 Å². The molecule has 7 nitrogen and oxygen atoms in total. The van der Waals surface area contributed by atoms with E-state index >= 15 is 0 Å². The van der Waals surface area contributed by atoms with Gasteiger partial charge in [0.05, 0.1) is 50.1 Å². The number of methoxy groups -OCH3 is 2. The van der Waals surface area contributed by atoms with Crippen LogP contribution in [0.1, 0.15) is 27.8 Å². The fourth-order valence-electron chi connectivity index (χ4n) is 1.94. The maximum Gasteiger partial charge on any atom is 0.215 e. The molecule has 0 aromatic carbocycles. The molecule has 1 unspecified atom stereocenters. The van der Waals surface area contributed by atoms with Gasteiger partial charge in [0.15, 0.2) is 12.2 Å². The van der Waals surface area contributed by atoms with E-state index in [1.807, 2.05) is 0 Å². The lowest BCUT2D eigenvalue weighted by Crippen LogP contribution is -2.05. The summed E-state index contributed by atoms with van der Waals surface area (Å²) in [6.45, 7) is 2.70. The van der Waals surface area contributed by atoms with Crippen molar-refractivity contribution in [2.45, 2.75) is 24.7 Å². The summed E-state index contributed by atoms with van der Waals surface area (Å²) >= 11 is 0. The summed E-state index contributed by atoms with van der Waals surface area (Å²) < 4.78 is 94.1. The van der Waals surface area contributed by atoms with E-state index in [0.717, 1.165) is 0 Å². The minimum absolute atomic E-state index is 0.0554. The molecule has 3 rings (SSSR count). The molecular formula is C16H18N4O3S. The lowest BCUT2D eigenvalue weighted by atomic mass is 10.1. The van der Waals surface area contributed by atoms with Gasteiger partial charge in [0.25, 0.3) is 0 Å². The topological polar surface area (TPSA) is 90.0 Å². The molecule has 1 atom stereocenters. The molecule has 3 aromatic rings. The van der Waals surface area contributed by atoms with Crippen molar-refractivity contribution >= 4 is 22.0 Å². The van der Waals surface area contributed by atoms with Gasteiger partial charge in [-0.1, -0.05) is 0 Å². The van der Waals surface area contributed by atoms with Crippen molar-refractivity contribution in [1.82, 2.24) is 19.9 Å². The molecule has 3 aromatic heterocycles. The summed E-state index contributed by atoms with van der Waals surface area (Å²) in [4.78, 5) is 12.1. The monoisotopic (exact) mass is 355 g/mol. The minimum atomic E-state index is -2.88. The number of imidazole rings is 1. The van der Waals surface area contributed by atoms with Gasteiger partial charge in [-0.25, -0.2) is 4.98 Å². The van der Waals surface area contributed by atoms with Crippen molar-refractivity contribution in [3.63, 3.8) is 0 Å². The van der Waals surface area contributed by atoms with E-state index in [-0.39, 0.29) is 33.9 Å².